The summed E-state index contributed by atoms with van der Waals surface area (Å²) in [6.45, 7) is 0. The van der Waals surface area contributed by atoms with Crippen molar-refractivity contribution < 1.29 is 22.6 Å². The summed E-state index contributed by atoms with van der Waals surface area (Å²) in [5.41, 5.74) is 4.42. The second kappa shape index (κ2) is 4.59. The van der Waals surface area contributed by atoms with Crippen LogP contribution in [0.2, 0.25) is 0 Å². The lowest BCUT2D eigenvalue weighted by Gasteiger charge is -2.07. The van der Waals surface area contributed by atoms with Gasteiger partial charge in [-0.2, -0.15) is 13.2 Å². The number of halogens is 3. The lowest BCUT2D eigenvalue weighted by molar-refractivity contribution is -0.137. The molecule has 100 valence electrons. The Kier molecular flexibility index (Phi) is 3.11. The van der Waals surface area contributed by atoms with Crippen LogP contribution in [0.3, 0.4) is 0 Å². The zero-order valence-electron chi connectivity index (χ0n) is 9.23. The van der Waals surface area contributed by atoms with Crippen LogP contribution in [0.25, 0.3) is 0 Å². The number of nitrogens with zero attached hydrogens (tertiary/aromatic N) is 2. The molecular weight excluding hydrogens is 265 g/mol. The van der Waals surface area contributed by atoms with Crippen molar-refractivity contribution in [1.29, 1.82) is 0 Å². The summed E-state index contributed by atoms with van der Waals surface area (Å²) >= 11 is 0. The number of alkyl halides is 3. The van der Waals surface area contributed by atoms with E-state index in [1.807, 2.05) is 0 Å². The topological polar surface area (TPSA) is 94.0 Å². The molecule has 2 rings (SSSR count). The van der Waals surface area contributed by atoms with Gasteiger partial charge in [0.25, 0.3) is 5.91 Å². The van der Waals surface area contributed by atoms with Crippen LogP contribution < -0.4 is 11.1 Å². The molecule has 0 atom stereocenters. The molecule has 0 bridgehead atoms. The average Bonchev–Trinajstić information content (AvgIpc) is 2.75. The van der Waals surface area contributed by atoms with Crippen molar-refractivity contribution in [2.45, 2.75) is 6.18 Å². The van der Waals surface area contributed by atoms with Crippen molar-refractivity contribution in [3.63, 3.8) is 0 Å². The molecule has 0 unspecified atom stereocenters. The highest BCUT2D eigenvalue weighted by Gasteiger charge is 2.30. The number of hydrogen-bond acceptors (Lipinski definition) is 5. The van der Waals surface area contributed by atoms with Gasteiger partial charge in [0.2, 0.25) is 11.5 Å². The summed E-state index contributed by atoms with van der Waals surface area (Å²) < 4.78 is 41.2. The fourth-order valence-electron chi connectivity index (χ4n) is 1.29. The number of rotatable bonds is 2. The molecule has 0 saturated carbocycles. The molecule has 2 aromatic rings. The lowest BCUT2D eigenvalue weighted by atomic mass is 10.2. The summed E-state index contributed by atoms with van der Waals surface area (Å²) in [6, 6.07) is 3.93. The second-order valence-electron chi connectivity index (χ2n) is 3.53. The summed E-state index contributed by atoms with van der Waals surface area (Å²) in [5, 5.41) is 8.79. The molecular formula is C10H7F3N4O2. The molecule has 6 nitrogen and oxygen atoms in total. The smallest absolute Gasteiger partial charge is 0.379 e. The standard InChI is InChI=1S/C10H7F3N4O2/c11-10(12,13)5-1-3-6(4-2-5)15-9(18)7-8(14)17-19-16-7/h1-4H,(H2,14,17)(H,15,18). The van der Waals surface area contributed by atoms with Crippen LogP contribution >= 0.6 is 0 Å². The average molecular weight is 272 g/mol. The maximum atomic E-state index is 12.3. The molecule has 0 aliphatic rings. The van der Waals surface area contributed by atoms with Crippen molar-refractivity contribution in [2.75, 3.05) is 11.1 Å². The minimum absolute atomic E-state index is 0.167. The van der Waals surface area contributed by atoms with Crippen LogP contribution in [-0.4, -0.2) is 16.2 Å². The van der Waals surface area contributed by atoms with Crippen molar-refractivity contribution in [3.8, 4) is 0 Å². The van der Waals surface area contributed by atoms with Gasteiger partial charge in [-0.15, -0.1) is 0 Å². The van der Waals surface area contributed by atoms with Crippen LogP contribution in [-0.2, 0) is 6.18 Å². The van der Waals surface area contributed by atoms with Gasteiger partial charge < -0.3 is 11.1 Å². The molecule has 0 aliphatic carbocycles. The number of carbonyl (C=O) groups excluding carboxylic acids is 1. The first-order valence-corrected chi connectivity index (χ1v) is 4.94. The third-order valence-corrected chi connectivity index (χ3v) is 2.20. The highest BCUT2D eigenvalue weighted by atomic mass is 19.4. The van der Waals surface area contributed by atoms with E-state index < -0.39 is 17.6 Å². The van der Waals surface area contributed by atoms with Gasteiger partial charge in [-0.1, -0.05) is 0 Å². The largest absolute Gasteiger partial charge is 0.416 e. The van der Waals surface area contributed by atoms with Crippen LogP contribution in [0.4, 0.5) is 24.7 Å². The first kappa shape index (κ1) is 12.9. The molecule has 0 radical (unpaired) electrons. The number of nitrogens with two attached hydrogens (primary N) is 1. The molecule has 1 amide bonds. The zero-order valence-corrected chi connectivity index (χ0v) is 9.23. The minimum Gasteiger partial charge on any atom is -0.379 e. The Labute approximate surface area is 104 Å². The molecule has 0 saturated heterocycles. The van der Waals surface area contributed by atoms with Crippen molar-refractivity contribution >= 4 is 17.4 Å². The third-order valence-electron chi connectivity index (χ3n) is 2.20. The van der Waals surface area contributed by atoms with Gasteiger partial charge in [0.1, 0.15) is 0 Å². The SMILES string of the molecule is Nc1nonc1C(=O)Nc1ccc(C(F)(F)F)cc1. The van der Waals surface area contributed by atoms with E-state index in [2.05, 4.69) is 20.3 Å². The van der Waals surface area contributed by atoms with Gasteiger partial charge in [-0.25, -0.2) is 4.63 Å². The highest BCUT2D eigenvalue weighted by Crippen LogP contribution is 2.29. The number of aromatic nitrogens is 2. The van der Waals surface area contributed by atoms with Gasteiger partial charge in [-0.05, 0) is 34.6 Å². The van der Waals surface area contributed by atoms with E-state index in [1.54, 1.807) is 0 Å². The molecule has 1 aromatic carbocycles. The van der Waals surface area contributed by atoms with Gasteiger partial charge in [0.05, 0.1) is 5.56 Å². The number of benzene rings is 1. The first-order valence-electron chi connectivity index (χ1n) is 4.94. The zero-order chi connectivity index (χ0) is 14.0. The monoisotopic (exact) mass is 272 g/mol. The Bertz CT molecular complexity index is 592. The predicted molar refractivity (Wildman–Crippen MR) is 58.1 cm³/mol. The maximum Gasteiger partial charge on any atom is 0.416 e. The summed E-state index contributed by atoms with van der Waals surface area (Å²) in [4.78, 5) is 11.6. The molecule has 0 spiro atoms. The summed E-state index contributed by atoms with van der Waals surface area (Å²) in [5.74, 6) is -0.928. The molecule has 1 aromatic heterocycles. The number of nitrogen functional groups attached to an aromatic ring is 1. The fraction of sp³-hybridized carbons (Fsp3) is 0.100. The molecule has 3 N–H and O–H groups in total. The molecule has 19 heavy (non-hydrogen) atoms. The Morgan fingerprint density at radius 1 is 1.21 bits per heavy atom. The van der Waals surface area contributed by atoms with Gasteiger partial charge >= 0.3 is 6.18 Å². The number of anilines is 2. The van der Waals surface area contributed by atoms with Crippen LogP contribution in [0, 0.1) is 0 Å². The van der Waals surface area contributed by atoms with Gasteiger partial charge in [-0.3, -0.25) is 4.79 Å². The third kappa shape index (κ3) is 2.81. The van der Waals surface area contributed by atoms with Crippen molar-refractivity contribution in [2.24, 2.45) is 0 Å². The highest BCUT2D eigenvalue weighted by molar-refractivity contribution is 6.05. The van der Waals surface area contributed by atoms with Crippen LogP contribution in [0.15, 0.2) is 28.9 Å². The molecule has 0 fully saturated rings. The van der Waals surface area contributed by atoms with Crippen LogP contribution in [0.5, 0.6) is 0 Å². The summed E-state index contributed by atoms with van der Waals surface area (Å²) in [7, 11) is 0. The Morgan fingerprint density at radius 2 is 1.84 bits per heavy atom. The quantitative estimate of drug-likeness (QED) is 0.871. The number of hydrogen-bond donors (Lipinski definition) is 2. The molecule has 9 heteroatoms. The van der Waals surface area contributed by atoms with E-state index >= 15 is 0 Å². The Hall–Kier alpha value is -2.58. The number of carbonyl (C=O) groups is 1. The maximum absolute atomic E-state index is 12.3. The van der Waals surface area contributed by atoms with Crippen molar-refractivity contribution in [1.82, 2.24) is 10.3 Å². The van der Waals surface area contributed by atoms with Crippen LogP contribution in [0.1, 0.15) is 16.1 Å². The van der Waals surface area contributed by atoms with Gasteiger partial charge in [0.15, 0.2) is 0 Å². The van der Waals surface area contributed by atoms with E-state index in [0.29, 0.717) is 0 Å². The minimum atomic E-state index is -4.43. The number of amides is 1. The Morgan fingerprint density at radius 3 is 2.32 bits per heavy atom. The molecule has 1 heterocycles. The van der Waals surface area contributed by atoms with E-state index in [9.17, 15) is 18.0 Å². The van der Waals surface area contributed by atoms with E-state index in [-0.39, 0.29) is 17.2 Å². The van der Waals surface area contributed by atoms with E-state index in [0.717, 1.165) is 24.3 Å². The summed E-state index contributed by atoms with van der Waals surface area (Å²) in [6.07, 6.45) is -4.43. The normalized spacial score (nSPS) is 11.3. The van der Waals surface area contributed by atoms with E-state index in [1.165, 1.54) is 0 Å². The van der Waals surface area contributed by atoms with Gasteiger partial charge in [0, 0.05) is 5.69 Å². The molecule has 0 aliphatic heterocycles. The van der Waals surface area contributed by atoms with E-state index in [4.69, 9.17) is 5.73 Å². The first-order chi connectivity index (χ1) is 8.88. The predicted octanol–water partition coefficient (Wildman–Crippen LogP) is 1.92. The fourth-order valence-corrected chi connectivity index (χ4v) is 1.29. The Balaban J connectivity index is 2.12. The number of nitrogens with one attached hydrogen (secondary N) is 1. The lowest BCUT2D eigenvalue weighted by Crippen LogP contribution is -2.14. The second-order valence-corrected chi connectivity index (χ2v) is 3.53. The van der Waals surface area contributed by atoms with Crippen molar-refractivity contribution in [3.05, 3.63) is 35.5 Å².